The third-order valence-electron chi connectivity index (χ3n) is 3.79. The zero-order valence-corrected chi connectivity index (χ0v) is 9.52. The summed E-state index contributed by atoms with van der Waals surface area (Å²) in [6.07, 6.45) is 2.79. The molecule has 0 radical (unpaired) electrons. The van der Waals surface area contributed by atoms with Gasteiger partial charge in [0.1, 0.15) is 5.82 Å². The van der Waals surface area contributed by atoms with Crippen molar-refractivity contribution in [2.45, 2.75) is 13.1 Å². The molecule has 2 saturated heterocycles. The lowest BCUT2D eigenvalue weighted by Crippen LogP contribution is -2.26. The van der Waals surface area contributed by atoms with E-state index >= 15 is 0 Å². The molecule has 1 N–H and O–H groups in total. The standard InChI is InChI=1S/C11H16F2N4/c12-11(13)17-2-1-15-10(17)7-16-5-8-3-14-4-9(8)6-16/h1-2,8-9,11,14H,3-7H2. The van der Waals surface area contributed by atoms with Crippen molar-refractivity contribution in [2.75, 3.05) is 26.2 Å². The van der Waals surface area contributed by atoms with Crippen LogP contribution in [0.25, 0.3) is 0 Å². The van der Waals surface area contributed by atoms with Crippen LogP contribution in [0.4, 0.5) is 8.78 Å². The van der Waals surface area contributed by atoms with E-state index in [1.54, 1.807) is 0 Å². The zero-order valence-electron chi connectivity index (χ0n) is 9.52. The molecule has 3 rings (SSSR count). The molecule has 0 aliphatic carbocycles. The Bertz CT molecular complexity index is 381. The predicted octanol–water partition coefficient (Wildman–Crippen LogP) is 0.929. The second kappa shape index (κ2) is 4.34. The molecule has 6 heteroatoms. The first kappa shape index (κ1) is 11.1. The molecule has 2 atom stereocenters. The van der Waals surface area contributed by atoms with Gasteiger partial charge in [-0.05, 0) is 24.9 Å². The molecule has 17 heavy (non-hydrogen) atoms. The third kappa shape index (κ3) is 2.07. The van der Waals surface area contributed by atoms with Crippen LogP contribution in [-0.4, -0.2) is 40.6 Å². The van der Waals surface area contributed by atoms with E-state index in [0.29, 0.717) is 24.2 Å². The Kier molecular flexibility index (Phi) is 2.84. The summed E-state index contributed by atoms with van der Waals surface area (Å²) in [7, 11) is 0. The first-order valence-electron chi connectivity index (χ1n) is 5.97. The quantitative estimate of drug-likeness (QED) is 0.856. The summed E-state index contributed by atoms with van der Waals surface area (Å²) in [5.41, 5.74) is 0. The minimum Gasteiger partial charge on any atom is -0.316 e. The maximum absolute atomic E-state index is 12.7. The van der Waals surface area contributed by atoms with E-state index in [9.17, 15) is 8.78 Å². The fourth-order valence-corrected chi connectivity index (χ4v) is 2.93. The summed E-state index contributed by atoms with van der Waals surface area (Å²) in [6, 6.07) is 0. The van der Waals surface area contributed by atoms with Gasteiger partial charge in [0.05, 0.1) is 6.54 Å². The Morgan fingerprint density at radius 1 is 1.35 bits per heavy atom. The first-order valence-corrected chi connectivity index (χ1v) is 5.97. The number of hydrogen-bond acceptors (Lipinski definition) is 3. The van der Waals surface area contributed by atoms with Crippen LogP contribution >= 0.6 is 0 Å². The molecule has 3 heterocycles. The van der Waals surface area contributed by atoms with Crippen molar-refractivity contribution < 1.29 is 8.78 Å². The number of likely N-dealkylation sites (tertiary alicyclic amines) is 1. The molecule has 2 aliphatic rings. The number of fused-ring (bicyclic) bond motifs is 1. The monoisotopic (exact) mass is 242 g/mol. The number of aromatic nitrogens is 2. The van der Waals surface area contributed by atoms with Crippen LogP contribution in [0.5, 0.6) is 0 Å². The first-order chi connectivity index (χ1) is 8.24. The minimum atomic E-state index is -2.49. The lowest BCUT2D eigenvalue weighted by atomic mass is 10.0. The molecule has 0 spiro atoms. The van der Waals surface area contributed by atoms with Crippen molar-refractivity contribution >= 4 is 0 Å². The second-order valence-electron chi connectivity index (χ2n) is 4.90. The third-order valence-corrected chi connectivity index (χ3v) is 3.79. The van der Waals surface area contributed by atoms with E-state index in [0.717, 1.165) is 30.7 Å². The van der Waals surface area contributed by atoms with E-state index < -0.39 is 6.55 Å². The Labute approximate surface area is 98.6 Å². The molecule has 2 fully saturated rings. The van der Waals surface area contributed by atoms with Crippen molar-refractivity contribution in [3.8, 4) is 0 Å². The molecular weight excluding hydrogens is 226 g/mol. The Hall–Kier alpha value is -1.01. The number of nitrogens with one attached hydrogen (secondary N) is 1. The van der Waals surface area contributed by atoms with Crippen LogP contribution in [-0.2, 0) is 6.54 Å². The second-order valence-corrected chi connectivity index (χ2v) is 4.90. The SMILES string of the molecule is FC(F)n1ccnc1CN1CC2CNCC2C1. The molecule has 0 aromatic carbocycles. The summed E-state index contributed by atoms with van der Waals surface area (Å²) < 4.78 is 26.3. The number of nitrogens with zero attached hydrogens (tertiary/aromatic N) is 3. The molecule has 0 amide bonds. The summed E-state index contributed by atoms with van der Waals surface area (Å²) in [5, 5.41) is 3.37. The summed E-state index contributed by atoms with van der Waals surface area (Å²) >= 11 is 0. The van der Waals surface area contributed by atoms with Gasteiger partial charge >= 0.3 is 6.55 Å². The van der Waals surface area contributed by atoms with Crippen molar-refractivity contribution in [3.05, 3.63) is 18.2 Å². The van der Waals surface area contributed by atoms with Crippen molar-refractivity contribution in [1.29, 1.82) is 0 Å². The Morgan fingerprint density at radius 2 is 2.06 bits per heavy atom. The van der Waals surface area contributed by atoms with Gasteiger partial charge in [0.15, 0.2) is 0 Å². The molecule has 2 unspecified atom stereocenters. The van der Waals surface area contributed by atoms with Gasteiger partial charge in [0.25, 0.3) is 0 Å². The molecular formula is C11H16F2N4. The topological polar surface area (TPSA) is 33.1 Å². The van der Waals surface area contributed by atoms with E-state index in [1.807, 2.05) is 0 Å². The van der Waals surface area contributed by atoms with Gasteiger partial charge in [-0.15, -0.1) is 0 Å². The number of halogens is 2. The fraction of sp³-hybridized carbons (Fsp3) is 0.727. The van der Waals surface area contributed by atoms with Gasteiger partial charge in [0.2, 0.25) is 0 Å². The van der Waals surface area contributed by atoms with Crippen molar-refractivity contribution in [3.63, 3.8) is 0 Å². The number of hydrogen-bond donors (Lipinski definition) is 1. The molecule has 1 aromatic rings. The average molecular weight is 242 g/mol. The van der Waals surface area contributed by atoms with Crippen LogP contribution in [0, 0.1) is 11.8 Å². The van der Waals surface area contributed by atoms with Crippen molar-refractivity contribution in [2.24, 2.45) is 11.8 Å². The van der Waals surface area contributed by atoms with E-state index in [1.165, 1.54) is 12.4 Å². The van der Waals surface area contributed by atoms with Gasteiger partial charge < -0.3 is 5.32 Å². The maximum atomic E-state index is 12.7. The lowest BCUT2D eigenvalue weighted by Gasteiger charge is -2.17. The average Bonchev–Trinajstić information content (AvgIpc) is 2.91. The van der Waals surface area contributed by atoms with E-state index in [2.05, 4.69) is 15.2 Å². The highest BCUT2D eigenvalue weighted by atomic mass is 19.3. The normalized spacial score (nSPS) is 29.1. The van der Waals surface area contributed by atoms with Gasteiger partial charge in [-0.2, -0.15) is 8.78 Å². The van der Waals surface area contributed by atoms with Crippen LogP contribution < -0.4 is 5.32 Å². The summed E-state index contributed by atoms with van der Waals surface area (Å²) in [5.74, 6) is 1.84. The van der Waals surface area contributed by atoms with Gasteiger partial charge in [0, 0.05) is 25.5 Å². The minimum absolute atomic E-state index is 0.466. The maximum Gasteiger partial charge on any atom is 0.319 e. The molecule has 0 bridgehead atoms. The molecule has 0 saturated carbocycles. The highest BCUT2D eigenvalue weighted by molar-refractivity contribution is 4.97. The summed E-state index contributed by atoms with van der Waals surface area (Å²) in [4.78, 5) is 6.25. The van der Waals surface area contributed by atoms with E-state index in [-0.39, 0.29) is 0 Å². The number of alkyl halides is 2. The largest absolute Gasteiger partial charge is 0.319 e. The summed E-state index contributed by atoms with van der Waals surface area (Å²) in [6.45, 7) is 2.15. The smallest absolute Gasteiger partial charge is 0.316 e. The molecule has 4 nitrogen and oxygen atoms in total. The Morgan fingerprint density at radius 3 is 2.71 bits per heavy atom. The molecule has 94 valence electrons. The van der Waals surface area contributed by atoms with E-state index in [4.69, 9.17) is 0 Å². The number of rotatable bonds is 3. The van der Waals surface area contributed by atoms with Crippen LogP contribution in [0.1, 0.15) is 12.4 Å². The van der Waals surface area contributed by atoms with Gasteiger partial charge in [-0.1, -0.05) is 0 Å². The van der Waals surface area contributed by atoms with Crippen LogP contribution in [0.15, 0.2) is 12.4 Å². The lowest BCUT2D eigenvalue weighted by molar-refractivity contribution is 0.0643. The number of imidazole rings is 1. The van der Waals surface area contributed by atoms with Crippen molar-refractivity contribution in [1.82, 2.24) is 19.8 Å². The predicted molar refractivity (Wildman–Crippen MR) is 58.6 cm³/mol. The van der Waals surface area contributed by atoms with Gasteiger partial charge in [-0.25, -0.2) is 4.98 Å². The fourth-order valence-electron chi connectivity index (χ4n) is 2.93. The highest BCUT2D eigenvalue weighted by Gasteiger charge is 2.36. The van der Waals surface area contributed by atoms with Gasteiger partial charge in [-0.3, -0.25) is 9.47 Å². The highest BCUT2D eigenvalue weighted by Crippen LogP contribution is 2.27. The van der Waals surface area contributed by atoms with Crippen LogP contribution in [0.2, 0.25) is 0 Å². The molecule has 2 aliphatic heterocycles. The Balaban J connectivity index is 1.65. The van der Waals surface area contributed by atoms with Crippen LogP contribution in [0.3, 0.4) is 0 Å². The molecule has 1 aromatic heterocycles. The zero-order chi connectivity index (χ0) is 11.8.